The maximum atomic E-state index is 13.6. The molecule has 0 saturated heterocycles. The largest absolute Gasteiger partial charge is 0.462 e. The molecule has 0 spiro atoms. The van der Waals surface area contributed by atoms with Crippen LogP contribution in [0.4, 0.5) is 11.4 Å². The van der Waals surface area contributed by atoms with E-state index in [0.717, 1.165) is 33.9 Å². The van der Waals surface area contributed by atoms with Gasteiger partial charge in [0.25, 0.3) is 11.8 Å². The van der Waals surface area contributed by atoms with E-state index in [9.17, 15) is 14.4 Å². The van der Waals surface area contributed by atoms with E-state index in [1.165, 1.54) is 11.8 Å². The van der Waals surface area contributed by atoms with Crippen LogP contribution in [0.15, 0.2) is 88.3 Å². The van der Waals surface area contributed by atoms with Crippen molar-refractivity contribution < 1.29 is 19.1 Å². The van der Waals surface area contributed by atoms with E-state index >= 15 is 0 Å². The molecule has 2 amide bonds. The summed E-state index contributed by atoms with van der Waals surface area (Å²) in [5.74, 6) is -1.36. The molecule has 1 N–H and O–H groups in total. The van der Waals surface area contributed by atoms with E-state index in [4.69, 9.17) is 16.3 Å². The zero-order valence-electron chi connectivity index (χ0n) is 19.9. The second-order valence-corrected chi connectivity index (χ2v) is 9.54. The third-order valence-corrected chi connectivity index (χ3v) is 6.87. The van der Waals surface area contributed by atoms with Crippen molar-refractivity contribution in [3.63, 3.8) is 0 Å². The number of anilines is 2. The number of ether oxygens (including phenoxy) is 1. The standard InChI is InChI=1S/C28H25ClN2O4S/c1-3-17-35-28(34)19-9-13-21(14-10-19)31-26(32)24(30-23-8-6-5-7-18(23)4-2)25(27(31)33)36-22-15-11-20(29)12-16-22/h5-16,30H,3-4,17H2,1-2H3. The van der Waals surface area contributed by atoms with Gasteiger partial charge in [-0.2, -0.15) is 0 Å². The number of carbonyl (C=O) groups is 3. The molecule has 184 valence electrons. The van der Waals surface area contributed by atoms with Crippen LogP contribution < -0.4 is 10.2 Å². The van der Waals surface area contributed by atoms with Gasteiger partial charge in [-0.05, 0) is 73.0 Å². The van der Waals surface area contributed by atoms with Crippen molar-refractivity contribution in [2.24, 2.45) is 0 Å². The molecule has 6 nitrogen and oxygen atoms in total. The van der Waals surface area contributed by atoms with Crippen LogP contribution in [0.3, 0.4) is 0 Å². The van der Waals surface area contributed by atoms with Crippen molar-refractivity contribution in [2.45, 2.75) is 31.6 Å². The molecule has 0 saturated carbocycles. The van der Waals surface area contributed by atoms with E-state index in [2.05, 4.69) is 5.32 Å². The van der Waals surface area contributed by atoms with Gasteiger partial charge in [0.1, 0.15) is 10.6 Å². The highest BCUT2D eigenvalue weighted by molar-refractivity contribution is 8.04. The van der Waals surface area contributed by atoms with Crippen LogP contribution in [0.5, 0.6) is 0 Å². The van der Waals surface area contributed by atoms with Crippen LogP contribution >= 0.6 is 23.4 Å². The van der Waals surface area contributed by atoms with Crippen molar-refractivity contribution in [1.82, 2.24) is 0 Å². The molecular weight excluding hydrogens is 496 g/mol. The number of hydrogen-bond acceptors (Lipinski definition) is 6. The molecule has 4 rings (SSSR count). The number of hydrogen-bond donors (Lipinski definition) is 1. The van der Waals surface area contributed by atoms with Gasteiger partial charge < -0.3 is 10.1 Å². The van der Waals surface area contributed by atoms with Gasteiger partial charge in [0.15, 0.2) is 0 Å². The van der Waals surface area contributed by atoms with Gasteiger partial charge in [-0.15, -0.1) is 0 Å². The Bertz CT molecular complexity index is 1320. The molecular formula is C28H25ClN2O4S. The number of benzene rings is 3. The van der Waals surface area contributed by atoms with Crippen molar-refractivity contribution >= 4 is 52.5 Å². The maximum Gasteiger partial charge on any atom is 0.338 e. The fourth-order valence-electron chi connectivity index (χ4n) is 3.68. The molecule has 3 aromatic carbocycles. The van der Waals surface area contributed by atoms with Crippen LogP contribution in [-0.2, 0) is 20.7 Å². The molecule has 0 radical (unpaired) electrons. The number of nitrogens with zero attached hydrogens (tertiary/aromatic N) is 1. The van der Waals surface area contributed by atoms with E-state index in [1.807, 2.05) is 38.1 Å². The van der Waals surface area contributed by atoms with Crippen molar-refractivity contribution in [2.75, 3.05) is 16.8 Å². The molecule has 0 aromatic heterocycles. The molecule has 1 heterocycles. The van der Waals surface area contributed by atoms with Crippen LogP contribution in [0.25, 0.3) is 0 Å². The Labute approximate surface area is 219 Å². The number of rotatable bonds is 9. The number of aryl methyl sites for hydroxylation is 1. The third-order valence-electron chi connectivity index (χ3n) is 5.53. The van der Waals surface area contributed by atoms with Crippen LogP contribution in [0.2, 0.25) is 5.02 Å². The summed E-state index contributed by atoms with van der Waals surface area (Å²) in [7, 11) is 0. The summed E-state index contributed by atoms with van der Waals surface area (Å²) in [6, 6.07) is 21.0. The lowest BCUT2D eigenvalue weighted by Crippen LogP contribution is -2.32. The quantitative estimate of drug-likeness (QED) is 0.258. The van der Waals surface area contributed by atoms with Gasteiger partial charge in [0.05, 0.1) is 17.9 Å². The van der Waals surface area contributed by atoms with E-state index in [-0.39, 0.29) is 10.6 Å². The highest BCUT2D eigenvalue weighted by Crippen LogP contribution is 2.38. The molecule has 36 heavy (non-hydrogen) atoms. The predicted molar refractivity (Wildman–Crippen MR) is 143 cm³/mol. The number of carbonyl (C=O) groups excluding carboxylic acids is 3. The highest BCUT2D eigenvalue weighted by Gasteiger charge is 2.40. The lowest BCUT2D eigenvalue weighted by Gasteiger charge is -2.16. The average molecular weight is 521 g/mol. The molecule has 3 aromatic rings. The van der Waals surface area contributed by atoms with Crippen LogP contribution in [0, 0.1) is 0 Å². The smallest absolute Gasteiger partial charge is 0.338 e. The second kappa shape index (κ2) is 11.5. The van der Waals surface area contributed by atoms with Crippen molar-refractivity contribution in [3.05, 3.63) is 99.5 Å². The number of thioether (sulfide) groups is 1. The Morgan fingerprint density at radius 2 is 1.64 bits per heavy atom. The minimum atomic E-state index is -0.469. The second-order valence-electron chi connectivity index (χ2n) is 8.02. The Hall–Kier alpha value is -3.55. The number of halogens is 1. The van der Waals surface area contributed by atoms with Gasteiger partial charge in [-0.3, -0.25) is 9.59 Å². The monoisotopic (exact) mass is 520 g/mol. The molecule has 8 heteroatoms. The Balaban J connectivity index is 1.68. The zero-order valence-corrected chi connectivity index (χ0v) is 21.5. The van der Waals surface area contributed by atoms with Gasteiger partial charge >= 0.3 is 5.97 Å². The topological polar surface area (TPSA) is 75.7 Å². The minimum Gasteiger partial charge on any atom is -0.462 e. The molecule has 1 aliphatic rings. The van der Waals surface area contributed by atoms with Crippen LogP contribution in [0.1, 0.15) is 36.2 Å². The molecule has 0 atom stereocenters. The fraction of sp³-hybridized carbons (Fsp3) is 0.179. The summed E-state index contributed by atoms with van der Waals surface area (Å²) in [5, 5.41) is 3.80. The Kier molecular flexibility index (Phi) is 8.13. The number of para-hydroxylation sites is 1. The van der Waals surface area contributed by atoms with E-state index in [1.54, 1.807) is 48.5 Å². The summed E-state index contributed by atoms with van der Waals surface area (Å²) < 4.78 is 5.16. The van der Waals surface area contributed by atoms with Crippen LogP contribution in [-0.4, -0.2) is 24.4 Å². The van der Waals surface area contributed by atoms with E-state index < -0.39 is 17.8 Å². The van der Waals surface area contributed by atoms with Gasteiger partial charge in [0.2, 0.25) is 0 Å². The van der Waals surface area contributed by atoms with Crippen molar-refractivity contribution in [1.29, 1.82) is 0 Å². The zero-order chi connectivity index (χ0) is 25.7. The lowest BCUT2D eigenvalue weighted by atomic mass is 10.1. The summed E-state index contributed by atoms with van der Waals surface area (Å²) in [6.45, 7) is 4.27. The van der Waals surface area contributed by atoms with Gasteiger partial charge in [-0.1, -0.05) is 55.4 Å². The first-order valence-corrected chi connectivity index (χ1v) is 12.8. The first kappa shape index (κ1) is 25.5. The number of esters is 1. The highest BCUT2D eigenvalue weighted by atomic mass is 35.5. The normalized spacial score (nSPS) is 13.4. The fourth-order valence-corrected chi connectivity index (χ4v) is 4.73. The molecule has 0 bridgehead atoms. The summed E-state index contributed by atoms with van der Waals surface area (Å²) >= 11 is 7.22. The van der Waals surface area contributed by atoms with Gasteiger partial charge in [0, 0.05) is 15.6 Å². The molecule has 1 aliphatic heterocycles. The van der Waals surface area contributed by atoms with Crippen molar-refractivity contribution in [3.8, 4) is 0 Å². The maximum absolute atomic E-state index is 13.6. The first-order chi connectivity index (χ1) is 17.4. The number of amides is 2. The molecule has 0 unspecified atom stereocenters. The first-order valence-electron chi connectivity index (χ1n) is 11.6. The van der Waals surface area contributed by atoms with Gasteiger partial charge in [-0.25, -0.2) is 9.69 Å². The predicted octanol–water partition coefficient (Wildman–Crippen LogP) is 6.46. The van der Waals surface area contributed by atoms with E-state index in [0.29, 0.717) is 22.9 Å². The Morgan fingerprint density at radius 1 is 0.944 bits per heavy atom. The number of imide groups is 1. The summed E-state index contributed by atoms with van der Waals surface area (Å²) in [5.41, 5.74) is 2.71. The average Bonchev–Trinajstić information content (AvgIpc) is 3.12. The summed E-state index contributed by atoms with van der Waals surface area (Å²) in [4.78, 5) is 41.5. The SMILES string of the molecule is CCCOC(=O)c1ccc(N2C(=O)C(Nc3ccccc3CC)=C(Sc3ccc(Cl)cc3)C2=O)cc1. The number of nitrogens with one attached hydrogen (secondary N) is 1. The summed E-state index contributed by atoms with van der Waals surface area (Å²) in [6.07, 6.45) is 1.48. The molecule has 0 aliphatic carbocycles. The Morgan fingerprint density at radius 3 is 2.31 bits per heavy atom. The molecule has 0 fully saturated rings. The lowest BCUT2D eigenvalue weighted by molar-refractivity contribution is -0.120. The third kappa shape index (κ3) is 5.48. The minimum absolute atomic E-state index is 0.201.